The Morgan fingerprint density at radius 1 is 1.25 bits per heavy atom. The van der Waals surface area contributed by atoms with Crippen molar-refractivity contribution in [3.8, 4) is 11.5 Å². The lowest BCUT2D eigenvalue weighted by molar-refractivity contribution is 0.250. The Bertz CT molecular complexity index is 471. The second-order valence-electron chi connectivity index (χ2n) is 6.03. The molecule has 2 rings (SSSR count). The van der Waals surface area contributed by atoms with E-state index in [0.29, 0.717) is 0 Å². The predicted octanol–water partition coefficient (Wildman–Crippen LogP) is 2.44. The topological polar surface area (TPSA) is 50.7 Å². The molecule has 0 spiro atoms. The summed E-state index contributed by atoms with van der Waals surface area (Å²) in [4.78, 5) is 0. The number of benzene rings is 1. The van der Waals surface area contributed by atoms with Crippen molar-refractivity contribution in [3.63, 3.8) is 0 Å². The van der Waals surface area contributed by atoms with Crippen LogP contribution in [0.3, 0.4) is 0 Å². The SMILES string of the molecule is COc1cc2c(cc1OC)[C@H](CCCO)NC(C)(C)C2. The number of fused-ring (bicyclic) bond motifs is 1. The van der Waals surface area contributed by atoms with Crippen molar-refractivity contribution < 1.29 is 14.6 Å². The van der Waals surface area contributed by atoms with Gasteiger partial charge in [-0.3, -0.25) is 0 Å². The van der Waals surface area contributed by atoms with E-state index in [1.165, 1.54) is 11.1 Å². The van der Waals surface area contributed by atoms with Gasteiger partial charge in [-0.15, -0.1) is 0 Å². The third-order valence-electron chi connectivity index (χ3n) is 3.87. The summed E-state index contributed by atoms with van der Waals surface area (Å²) in [6.45, 7) is 4.64. The molecule has 112 valence electrons. The zero-order valence-electron chi connectivity index (χ0n) is 12.8. The van der Waals surface area contributed by atoms with Crippen molar-refractivity contribution in [1.82, 2.24) is 5.32 Å². The van der Waals surface area contributed by atoms with Crippen molar-refractivity contribution in [2.24, 2.45) is 0 Å². The van der Waals surface area contributed by atoms with Gasteiger partial charge in [0.1, 0.15) is 0 Å². The van der Waals surface area contributed by atoms with Gasteiger partial charge in [0.05, 0.1) is 14.2 Å². The molecule has 1 atom stereocenters. The average Bonchev–Trinajstić information content (AvgIpc) is 2.42. The molecular formula is C16H25NO3. The Morgan fingerprint density at radius 2 is 1.90 bits per heavy atom. The van der Waals surface area contributed by atoms with Gasteiger partial charge in [0.25, 0.3) is 0 Å². The Kier molecular flexibility index (Phi) is 4.55. The predicted molar refractivity (Wildman–Crippen MR) is 79.5 cm³/mol. The van der Waals surface area contributed by atoms with Crippen molar-refractivity contribution >= 4 is 0 Å². The number of ether oxygens (including phenoxy) is 2. The van der Waals surface area contributed by atoms with E-state index in [2.05, 4.69) is 31.3 Å². The van der Waals surface area contributed by atoms with Crippen molar-refractivity contribution in [2.45, 2.75) is 44.7 Å². The van der Waals surface area contributed by atoms with E-state index in [4.69, 9.17) is 14.6 Å². The number of aliphatic hydroxyl groups is 1. The number of nitrogens with one attached hydrogen (secondary N) is 1. The van der Waals surface area contributed by atoms with Crippen LogP contribution >= 0.6 is 0 Å². The van der Waals surface area contributed by atoms with Crippen LogP contribution in [-0.4, -0.2) is 31.5 Å². The molecule has 0 unspecified atom stereocenters. The highest BCUT2D eigenvalue weighted by Crippen LogP contribution is 2.39. The van der Waals surface area contributed by atoms with E-state index in [9.17, 15) is 0 Å². The Morgan fingerprint density at radius 3 is 2.50 bits per heavy atom. The lowest BCUT2D eigenvalue weighted by Gasteiger charge is -2.39. The van der Waals surface area contributed by atoms with Crippen LogP contribution < -0.4 is 14.8 Å². The molecule has 2 N–H and O–H groups in total. The summed E-state index contributed by atoms with van der Waals surface area (Å²) >= 11 is 0. The second-order valence-corrected chi connectivity index (χ2v) is 6.03. The van der Waals surface area contributed by atoms with E-state index in [-0.39, 0.29) is 18.2 Å². The summed E-state index contributed by atoms with van der Waals surface area (Å²) in [7, 11) is 3.33. The number of rotatable bonds is 5. The molecule has 0 aromatic heterocycles. The lowest BCUT2D eigenvalue weighted by atomic mass is 9.82. The third-order valence-corrected chi connectivity index (χ3v) is 3.87. The summed E-state index contributed by atoms with van der Waals surface area (Å²) in [5.41, 5.74) is 2.61. The van der Waals surface area contributed by atoms with Gasteiger partial charge in [-0.2, -0.15) is 0 Å². The van der Waals surface area contributed by atoms with Gasteiger partial charge in [-0.1, -0.05) is 0 Å². The first-order valence-corrected chi connectivity index (χ1v) is 7.14. The fraction of sp³-hybridized carbons (Fsp3) is 0.625. The lowest BCUT2D eigenvalue weighted by Crippen LogP contribution is -2.47. The van der Waals surface area contributed by atoms with Crippen LogP contribution in [-0.2, 0) is 6.42 Å². The van der Waals surface area contributed by atoms with Crippen LogP contribution in [0.15, 0.2) is 12.1 Å². The highest BCUT2D eigenvalue weighted by molar-refractivity contribution is 5.50. The maximum absolute atomic E-state index is 9.09. The Labute approximate surface area is 121 Å². The molecule has 0 saturated heterocycles. The monoisotopic (exact) mass is 279 g/mol. The molecule has 1 aromatic rings. The normalized spacial score (nSPS) is 20.4. The number of hydrogen-bond acceptors (Lipinski definition) is 4. The smallest absolute Gasteiger partial charge is 0.161 e. The first kappa shape index (κ1) is 15.1. The summed E-state index contributed by atoms with van der Waals surface area (Å²) in [6, 6.07) is 4.40. The maximum atomic E-state index is 9.09. The fourth-order valence-corrected chi connectivity index (χ4v) is 3.01. The van der Waals surface area contributed by atoms with Gasteiger partial charge in [0, 0.05) is 18.2 Å². The Balaban J connectivity index is 2.41. The highest BCUT2D eigenvalue weighted by atomic mass is 16.5. The first-order chi connectivity index (χ1) is 9.50. The van der Waals surface area contributed by atoms with E-state index in [1.54, 1.807) is 14.2 Å². The van der Waals surface area contributed by atoms with E-state index < -0.39 is 0 Å². The maximum Gasteiger partial charge on any atom is 0.161 e. The summed E-state index contributed by atoms with van der Waals surface area (Å²) in [6.07, 6.45) is 2.67. The molecule has 1 aliphatic heterocycles. The molecule has 1 aromatic carbocycles. The second kappa shape index (κ2) is 6.02. The van der Waals surface area contributed by atoms with Gasteiger partial charge < -0.3 is 19.9 Å². The van der Waals surface area contributed by atoms with Crippen molar-refractivity contribution in [2.75, 3.05) is 20.8 Å². The zero-order valence-corrected chi connectivity index (χ0v) is 12.8. The van der Waals surface area contributed by atoms with Crippen molar-refractivity contribution in [1.29, 1.82) is 0 Å². The van der Waals surface area contributed by atoms with E-state index in [0.717, 1.165) is 30.8 Å². The van der Waals surface area contributed by atoms with Crippen LogP contribution in [0.25, 0.3) is 0 Å². The Hall–Kier alpha value is -1.26. The molecule has 20 heavy (non-hydrogen) atoms. The number of methoxy groups -OCH3 is 2. The van der Waals surface area contributed by atoms with Gasteiger partial charge in [-0.25, -0.2) is 0 Å². The number of hydrogen-bond donors (Lipinski definition) is 2. The third kappa shape index (κ3) is 3.07. The largest absolute Gasteiger partial charge is 0.493 e. The fourth-order valence-electron chi connectivity index (χ4n) is 3.01. The van der Waals surface area contributed by atoms with E-state index >= 15 is 0 Å². The minimum atomic E-state index is 0.0483. The number of aliphatic hydroxyl groups excluding tert-OH is 1. The van der Waals surface area contributed by atoms with Gasteiger partial charge >= 0.3 is 0 Å². The van der Waals surface area contributed by atoms with Gasteiger partial charge in [0.2, 0.25) is 0 Å². The minimum absolute atomic E-state index is 0.0483. The molecule has 0 radical (unpaired) electrons. The summed E-state index contributed by atoms with van der Waals surface area (Å²) in [5.74, 6) is 1.55. The van der Waals surface area contributed by atoms with Gasteiger partial charge in [0.15, 0.2) is 11.5 Å². The zero-order chi connectivity index (χ0) is 14.8. The standard InChI is InChI=1S/C16H25NO3/c1-16(2)10-11-8-14(19-3)15(20-4)9-12(11)13(17-16)6-5-7-18/h8-9,13,17-18H,5-7,10H2,1-4H3/t13-/m0/s1. The molecule has 1 aliphatic rings. The van der Waals surface area contributed by atoms with E-state index in [1.807, 2.05) is 0 Å². The summed E-state index contributed by atoms with van der Waals surface area (Å²) in [5, 5.41) is 12.8. The van der Waals surface area contributed by atoms with Crippen LogP contribution in [0.2, 0.25) is 0 Å². The van der Waals surface area contributed by atoms with Crippen LogP contribution in [0, 0.1) is 0 Å². The molecule has 0 amide bonds. The first-order valence-electron chi connectivity index (χ1n) is 7.14. The molecule has 0 saturated carbocycles. The quantitative estimate of drug-likeness (QED) is 0.869. The van der Waals surface area contributed by atoms with Crippen molar-refractivity contribution in [3.05, 3.63) is 23.3 Å². The van der Waals surface area contributed by atoms with Crippen LogP contribution in [0.4, 0.5) is 0 Å². The molecule has 0 fully saturated rings. The summed E-state index contributed by atoms with van der Waals surface area (Å²) < 4.78 is 10.8. The molecule has 4 nitrogen and oxygen atoms in total. The molecule has 4 heteroatoms. The molecule has 0 aliphatic carbocycles. The van der Waals surface area contributed by atoms with Crippen LogP contribution in [0.1, 0.15) is 43.9 Å². The molecule has 0 bridgehead atoms. The molecular weight excluding hydrogens is 254 g/mol. The van der Waals surface area contributed by atoms with Gasteiger partial charge in [-0.05, 0) is 56.4 Å². The molecule has 1 heterocycles. The van der Waals surface area contributed by atoms with Crippen LogP contribution in [0.5, 0.6) is 11.5 Å². The average molecular weight is 279 g/mol. The minimum Gasteiger partial charge on any atom is -0.493 e. The highest BCUT2D eigenvalue weighted by Gasteiger charge is 2.32.